The minimum atomic E-state index is -0.943. The number of amides is 2. The second-order valence-electron chi connectivity index (χ2n) is 8.69. The van der Waals surface area contributed by atoms with Crippen LogP contribution in [0, 0.1) is 0 Å². The first-order chi connectivity index (χ1) is 16.5. The third kappa shape index (κ3) is 3.76. The van der Waals surface area contributed by atoms with E-state index in [1.807, 2.05) is 12.1 Å². The fraction of sp³-hybridized carbons (Fsp3) is 0.360. The van der Waals surface area contributed by atoms with Crippen LogP contribution in [0.4, 0.5) is 11.4 Å². The Hall–Kier alpha value is -3.88. The van der Waals surface area contributed by atoms with Gasteiger partial charge in [-0.05, 0) is 43.5 Å². The van der Waals surface area contributed by atoms with E-state index >= 15 is 0 Å². The van der Waals surface area contributed by atoms with Crippen LogP contribution in [0.3, 0.4) is 0 Å². The molecule has 1 saturated carbocycles. The number of benzene rings is 2. The molecule has 5 rings (SSSR count). The predicted octanol–water partition coefficient (Wildman–Crippen LogP) is 3.22. The monoisotopic (exact) mass is 463 g/mol. The second-order valence-corrected chi connectivity index (χ2v) is 8.69. The molecule has 176 valence electrons. The maximum Gasteiger partial charge on any atom is 0.419 e. The van der Waals surface area contributed by atoms with Crippen molar-refractivity contribution < 1.29 is 23.5 Å². The number of carbonyl (C=O) groups excluding carboxylic acids is 3. The third-order valence-corrected chi connectivity index (χ3v) is 6.62. The Morgan fingerprint density at radius 1 is 1.03 bits per heavy atom. The van der Waals surface area contributed by atoms with Crippen LogP contribution in [-0.2, 0) is 25.7 Å². The average Bonchev–Trinajstić information content (AvgIpc) is 3.44. The van der Waals surface area contributed by atoms with E-state index in [4.69, 9.17) is 9.15 Å². The second kappa shape index (κ2) is 8.81. The fourth-order valence-corrected chi connectivity index (χ4v) is 5.01. The minimum absolute atomic E-state index is 0.0431. The molecule has 1 N–H and O–H groups in total. The smallest absolute Gasteiger partial charge is 0.419 e. The van der Waals surface area contributed by atoms with E-state index in [-0.39, 0.29) is 12.3 Å². The van der Waals surface area contributed by atoms with Crippen LogP contribution in [0.2, 0.25) is 0 Å². The molecule has 1 fully saturated rings. The summed E-state index contributed by atoms with van der Waals surface area (Å²) in [6.45, 7) is -0.154. The van der Waals surface area contributed by atoms with Gasteiger partial charge in [-0.15, -0.1) is 0 Å². The van der Waals surface area contributed by atoms with Crippen LogP contribution in [0.5, 0.6) is 0 Å². The largest absolute Gasteiger partial charge is 0.456 e. The molecule has 9 heteroatoms. The Morgan fingerprint density at radius 2 is 1.76 bits per heavy atom. The zero-order valence-corrected chi connectivity index (χ0v) is 18.6. The van der Waals surface area contributed by atoms with E-state index in [1.54, 1.807) is 36.4 Å². The van der Waals surface area contributed by atoms with E-state index in [9.17, 15) is 19.2 Å². The molecular formula is C25H25N3O6. The highest BCUT2D eigenvalue weighted by Crippen LogP contribution is 2.45. The zero-order chi connectivity index (χ0) is 23.7. The zero-order valence-electron chi connectivity index (χ0n) is 18.6. The first-order valence-corrected chi connectivity index (χ1v) is 11.5. The number of aromatic nitrogens is 1. The Labute approximate surface area is 195 Å². The summed E-state index contributed by atoms with van der Waals surface area (Å²) in [5.41, 5.74) is 1.41. The molecule has 1 aromatic heterocycles. The molecule has 3 aromatic rings. The molecule has 2 amide bonds. The molecule has 2 aromatic carbocycles. The fourth-order valence-electron chi connectivity index (χ4n) is 5.01. The van der Waals surface area contributed by atoms with Gasteiger partial charge in [-0.25, -0.2) is 4.79 Å². The molecule has 1 spiro atoms. The van der Waals surface area contributed by atoms with Crippen LogP contribution >= 0.6 is 0 Å². The third-order valence-electron chi connectivity index (χ3n) is 6.62. The van der Waals surface area contributed by atoms with Crippen LogP contribution in [0.1, 0.15) is 38.5 Å². The van der Waals surface area contributed by atoms with Gasteiger partial charge in [0, 0.05) is 13.0 Å². The van der Waals surface area contributed by atoms with Crippen LogP contribution in [0.15, 0.2) is 57.7 Å². The van der Waals surface area contributed by atoms with E-state index in [2.05, 4.69) is 5.32 Å². The highest BCUT2D eigenvalue weighted by Gasteiger charge is 2.52. The van der Waals surface area contributed by atoms with Gasteiger partial charge in [-0.2, -0.15) is 0 Å². The number of fused-ring (bicyclic) bond motifs is 2. The number of ether oxygens (including phenoxy) is 1. The van der Waals surface area contributed by atoms with Crippen molar-refractivity contribution in [1.82, 2.24) is 4.57 Å². The first-order valence-electron chi connectivity index (χ1n) is 11.5. The number of nitrogens with one attached hydrogen (secondary N) is 1. The molecule has 0 saturated heterocycles. The number of carbonyl (C=O) groups is 3. The molecule has 9 nitrogen and oxygen atoms in total. The van der Waals surface area contributed by atoms with Gasteiger partial charge in [0.2, 0.25) is 0 Å². The maximum absolute atomic E-state index is 13.2. The van der Waals surface area contributed by atoms with Crippen molar-refractivity contribution >= 4 is 40.3 Å². The molecule has 2 heterocycles. The molecule has 34 heavy (non-hydrogen) atoms. The summed E-state index contributed by atoms with van der Waals surface area (Å²) in [7, 11) is 0. The molecule has 0 unspecified atom stereocenters. The van der Waals surface area contributed by atoms with Crippen LogP contribution in [0.25, 0.3) is 11.1 Å². The lowest BCUT2D eigenvalue weighted by Crippen LogP contribution is -2.61. The van der Waals surface area contributed by atoms with E-state index in [0.29, 0.717) is 48.3 Å². The van der Waals surface area contributed by atoms with Crippen LogP contribution < -0.4 is 16.0 Å². The summed E-state index contributed by atoms with van der Waals surface area (Å²) in [6, 6.07) is 14.2. The number of oxazole rings is 1. The summed E-state index contributed by atoms with van der Waals surface area (Å²) in [4.78, 5) is 52.1. The van der Waals surface area contributed by atoms with Crippen molar-refractivity contribution in [2.24, 2.45) is 0 Å². The van der Waals surface area contributed by atoms with Gasteiger partial charge in [-0.1, -0.05) is 37.1 Å². The quantitative estimate of drug-likeness (QED) is 0.562. The molecule has 0 radical (unpaired) electrons. The van der Waals surface area contributed by atoms with Gasteiger partial charge in [-0.3, -0.25) is 23.9 Å². The van der Waals surface area contributed by atoms with Gasteiger partial charge in [0.05, 0.1) is 16.9 Å². The average molecular weight is 463 g/mol. The standard InChI is InChI=1S/C25H25N3O6/c29-21(28-18-9-2-1-8-17(18)26-23(31)25(28)13-5-6-14-25)16-33-22(30)12-7-15-27-19-10-3-4-11-20(19)34-24(27)32/h1-4,8-11H,5-7,12-16H2,(H,26,31). The molecule has 0 bridgehead atoms. The van der Waals surface area contributed by atoms with E-state index in [0.717, 1.165) is 12.8 Å². The predicted molar refractivity (Wildman–Crippen MR) is 124 cm³/mol. The van der Waals surface area contributed by atoms with Crippen molar-refractivity contribution in [2.75, 3.05) is 16.8 Å². The topological polar surface area (TPSA) is 111 Å². The molecule has 1 aliphatic carbocycles. The highest BCUT2D eigenvalue weighted by molar-refractivity contribution is 6.15. The van der Waals surface area contributed by atoms with E-state index in [1.165, 1.54) is 9.47 Å². The molecule has 1 aliphatic heterocycles. The van der Waals surface area contributed by atoms with Crippen molar-refractivity contribution in [1.29, 1.82) is 0 Å². The Morgan fingerprint density at radius 3 is 2.59 bits per heavy atom. The van der Waals surface area contributed by atoms with E-state index < -0.39 is 29.8 Å². The number of aryl methyl sites for hydroxylation is 1. The van der Waals surface area contributed by atoms with Crippen molar-refractivity contribution in [2.45, 2.75) is 50.6 Å². The number of anilines is 2. The lowest BCUT2D eigenvalue weighted by Gasteiger charge is -2.44. The summed E-state index contributed by atoms with van der Waals surface area (Å²) in [5, 5.41) is 2.92. The molecule has 2 aliphatic rings. The number of hydrogen-bond acceptors (Lipinski definition) is 6. The van der Waals surface area contributed by atoms with Crippen molar-refractivity contribution in [3.8, 4) is 0 Å². The van der Waals surface area contributed by atoms with Crippen LogP contribution in [-0.4, -0.2) is 34.5 Å². The Balaban J connectivity index is 1.23. The number of esters is 1. The summed E-state index contributed by atoms with van der Waals surface area (Å²) in [6.07, 6.45) is 3.24. The van der Waals surface area contributed by atoms with Gasteiger partial charge < -0.3 is 14.5 Å². The Bertz CT molecular complexity index is 1320. The number of hydrogen-bond donors (Lipinski definition) is 1. The lowest BCUT2D eigenvalue weighted by molar-refractivity contribution is -0.148. The summed E-state index contributed by atoms with van der Waals surface area (Å²) in [5.74, 6) is -1.63. The van der Waals surface area contributed by atoms with Gasteiger partial charge in [0.15, 0.2) is 12.2 Å². The lowest BCUT2D eigenvalue weighted by atomic mass is 9.90. The number of rotatable bonds is 6. The first kappa shape index (κ1) is 21.9. The summed E-state index contributed by atoms with van der Waals surface area (Å²) < 4.78 is 11.9. The molecular weight excluding hydrogens is 438 g/mol. The minimum Gasteiger partial charge on any atom is -0.456 e. The van der Waals surface area contributed by atoms with Gasteiger partial charge in [0.25, 0.3) is 11.8 Å². The van der Waals surface area contributed by atoms with Gasteiger partial charge in [0.1, 0.15) is 5.54 Å². The van der Waals surface area contributed by atoms with Gasteiger partial charge >= 0.3 is 11.7 Å². The van der Waals surface area contributed by atoms with Crippen molar-refractivity contribution in [3.63, 3.8) is 0 Å². The summed E-state index contributed by atoms with van der Waals surface area (Å²) >= 11 is 0. The highest BCUT2D eigenvalue weighted by atomic mass is 16.5. The molecule has 0 atom stereocenters. The SMILES string of the molecule is O=C(CCCn1c(=O)oc2ccccc21)OCC(=O)N1c2ccccc2NC(=O)C12CCCC2. The maximum atomic E-state index is 13.2. The Kier molecular flexibility index (Phi) is 5.69. The number of para-hydroxylation sites is 4. The normalized spacial score (nSPS) is 16.5. The number of nitrogens with zero attached hydrogens (tertiary/aromatic N) is 2. The van der Waals surface area contributed by atoms with Crippen molar-refractivity contribution in [3.05, 3.63) is 59.1 Å².